The third kappa shape index (κ3) is 3.61. The lowest BCUT2D eigenvalue weighted by Crippen LogP contribution is -2.25. The molecule has 1 aliphatic carbocycles. The van der Waals surface area contributed by atoms with Crippen molar-refractivity contribution in [3.05, 3.63) is 65.5 Å². The monoisotopic (exact) mass is 286 g/mol. The summed E-state index contributed by atoms with van der Waals surface area (Å²) in [6.07, 6.45) is 6.28. The summed E-state index contributed by atoms with van der Waals surface area (Å²) in [6, 6.07) is 7.65. The molecule has 1 N–H and O–H groups in total. The first kappa shape index (κ1) is 15.1. The third-order valence-electron chi connectivity index (χ3n) is 3.26. The highest BCUT2D eigenvalue weighted by Crippen LogP contribution is 2.25. The molecule has 0 bridgehead atoms. The van der Waals surface area contributed by atoms with Gasteiger partial charge in [-0.25, -0.2) is 4.79 Å². The first-order chi connectivity index (χ1) is 10.1. The minimum atomic E-state index is -1.30. The second-order valence-corrected chi connectivity index (χ2v) is 4.71. The van der Waals surface area contributed by atoms with Gasteiger partial charge in [-0.15, -0.1) is 0 Å². The van der Waals surface area contributed by atoms with Crippen molar-refractivity contribution in [3.63, 3.8) is 0 Å². The molecular formula is C17H18O4. The Bertz CT molecular complexity index is 611. The zero-order chi connectivity index (χ0) is 15.2. The molecule has 1 atom stereocenters. The average Bonchev–Trinajstić information content (AvgIpc) is 2.53. The number of allylic oxidation sites excluding steroid dienone is 3. The minimum Gasteiger partial charge on any atom is -0.467 e. The maximum Gasteiger partial charge on any atom is 0.339 e. The number of carbonyl (C=O) groups is 1. The SMILES string of the molecule is COC(=O)C(O)C1=CC=CCC1=COc1ccccc1C. The predicted molar refractivity (Wildman–Crippen MR) is 79.8 cm³/mol. The van der Waals surface area contributed by atoms with Crippen LogP contribution in [0.25, 0.3) is 0 Å². The molecule has 1 aromatic rings. The second-order valence-electron chi connectivity index (χ2n) is 4.71. The van der Waals surface area contributed by atoms with Crippen LogP contribution in [0.1, 0.15) is 12.0 Å². The number of ether oxygens (including phenoxy) is 2. The molecule has 1 unspecified atom stereocenters. The van der Waals surface area contributed by atoms with Gasteiger partial charge >= 0.3 is 5.97 Å². The minimum absolute atomic E-state index is 0.498. The Hall–Kier alpha value is -2.33. The molecule has 2 rings (SSSR count). The standard InChI is InChI=1S/C17H18O4/c1-12-7-3-6-10-15(12)21-11-13-8-4-5-9-14(13)16(18)17(19)20-2/h3-7,9-11,16,18H,8H2,1-2H3. The molecule has 110 valence electrons. The van der Waals surface area contributed by atoms with E-state index in [1.807, 2.05) is 37.3 Å². The molecular weight excluding hydrogens is 268 g/mol. The van der Waals surface area contributed by atoms with E-state index in [0.717, 1.165) is 16.9 Å². The van der Waals surface area contributed by atoms with Gasteiger partial charge in [0.1, 0.15) is 5.75 Å². The number of carbonyl (C=O) groups excluding carboxylic acids is 1. The number of hydrogen-bond donors (Lipinski definition) is 1. The van der Waals surface area contributed by atoms with Gasteiger partial charge in [0.05, 0.1) is 13.4 Å². The van der Waals surface area contributed by atoms with Gasteiger partial charge in [-0.05, 0) is 36.1 Å². The van der Waals surface area contributed by atoms with E-state index < -0.39 is 12.1 Å². The van der Waals surface area contributed by atoms with E-state index in [1.54, 1.807) is 18.4 Å². The van der Waals surface area contributed by atoms with Gasteiger partial charge in [-0.3, -0.25) is 0 Å². The van der Waals surface area contributed by atoms with E-state index in [2.05, 4.69) is 4.74 Å². The summed E-state index contributed by atoms with van der Waals surface area (Å²) in [4.78, 5) is 11.5. The first-order valence-corrected chi connectivity index (χ1v) is 6.68. The van der Waals surface area contributed by atoms with Gasteiger partial charge in [-0.2, -0.15) is 0 Å². The Kier molecular flexibility index (Phi) is 4.95. The highest BCUT2D eigenvalue weighted by atomic mass is 16.5. The number of benzene rings is 1. The van der Waals surface area contributed by atoms with Crippen LogP contribution in [0, 0.1) is 6.92 Å². The van der Waals surface area contributed by atoms with E-state index in [1.165, 1.54) is 7.11 Å². The van der Waals surface area contributed by atoms with Crippen molar-refractivity contribution in [2.75, 3.05) is 7.11 Å². The van der Waals surface area contributed by atoms with Crippen molar-refractivity contribution in [1.29, 1.82) is 0 Å². The zero-order valence-corrected chi connectivity index (χ0v) is 12.1. The van der Waals surface area contributed by atoms with Crippen LogP contribution >= 0.6 is 0 Å². The molecule has 1 aromatic carbocycles. The molecule has 21 heavy (non-hydrogen) atoms. The number of aliphatic hydroxyl groups excluding tert-OH is 1. The maximum atomic E-state index is 11.5. The Morgan fingerprint density at radius 1 is 1.38 bits per heavy atom. The van der Waals surface area contributed by atoms with Gasteiger partial charge in [-0.1, -0.05) is 36.4 Å². The number of methoxy groups -OCH3 is 1. The van der Waals surface area contributed by atoms with Crippen LogP contribution in [0.2, 0.25) is 0 Å². The van der Waals surface area contributed by atoms with E-state index in [0.29, 0.717) is 12.0 Å². The van der Waals surface area contributed by atoms with Crippen LogP contribution in [0.4, 0.5) is 0 Å². The molecule has 0 aromatic heterocycles. The van der Waals surface area contributed by atoms with Gasteiger partial charge in [0.2, 0.25) is 0 Å². The topological polar surface area (TPSA) is 55.8 Å². The van der Waals surface area contributed by atoms with Crippen LogP contribution in [0.5, 0.6) is 5.75 Å². The fourth-order valence-corrected chi connectivity index (χ4v) is 2.04. The highest BCUT2D eigenvalue weighted by Gasteiger charge is 2.24. The normalized spacial score (nSPS) is 17.3. The van der Waals surface area contributed by atoms with E-state index in [4.69, 9.17) is 4.74 Å². The Morgan fingerprint density at radius 2 is 2.14 bits per heavy atom. The number of para-hydroxylation sites is 1. The van der Waals surface area contributed by atoms with E-state index in [9.17, 15) is 9.90 Å². The molecule has 0 saturated carbocycles. The Balaban J connectivity index is 2.20. The lowest BCUT2D eigenvalue weighted by molar-refractivity contribution is -0.148. The van der Waals surface area contributed by atoms with Crippen molar-refractivity contribution < 1.29 is 19.4 Å². The van der Waals surface area contributed by atoms with E-state index >= 15 is 0 Å². The molecule has 0 fully saturated rings. The molecule has 0 radical (unpaired) electrons. The number of hydrogen-bond acceptors (Lipinski definition) is 4. The van der Waals surface area contributed by atoms with Gasteiger partial charge < -0.3 is 14.6 Å². The van der Waals surface area contributed by atoms with Crippen molar-refractivity contribution in [2.45, 2.75) is 19.4 Å². The van der Waals surface area contributed by atoms with Crippen LogP contribution < -0.4 is 4.74 Å². The third-order valence-corrected chi connectivity index (χ3v) is 3.26. The molecule has 1 aliphatic rings. The summed E-state index contributed by atoms with van der Waals surface area (Å²) >= 11 is 0. The summed E-state index contributed by atoms with van der Waals surface area (Å²) in [5.74, 6) is 0.0600. The van der Waals surface area contributed by atoms with Crippen molar-refractivity contribution >= 4 is 5.97 Å². The largest absolute Gasteiger partial charge is 0.467 e. The second kappa shape index (κ2) is 6.90. The summed E-state index contributed by atoms with van der Waals surface area (Å²) in [6.45, 7) is 1.95. The molecule has 4 nitrogen and oxygen atoms in total. The van der Waals surface area contributed by atoms with Crippen molar-refractivity contribution in [2.24, 2.45) is 0 Å². The van der Waals surface area contributed by atoms with Crippen molar-refractivity contribution in [1.82, 2.24) is 0 Å². The van der Waals surface area contributed by atoms with Gasteiger partial charge in [0, 0.05) is 0 Å². The molecule has 0 saturated heterocycles. The molecule has 0 amide bonds. The molecule has 0 heterocycles. The Morgan fingerprint density at radius 3 is 2.86 bits per heavy atom. The lowest BCUT2D eigenvalue weighted by atomic mass is 9.95. The highest BCUT2D eigenvalue weighted by molar-refractivity contribution is 5.79. The quantitative estimate of drug-likeness (QED) is 0.683. The number of aryl methyl sites for hydroxylation is 1. The molecule has 0 aliphatic heterocycles. The summed E-state index contributed by atoms with van der Waals surface area (Å²) < 4.78 is 10.2. The zero-order valence-electron chi connectivity index (χ0n) is 12.1. The van der Waals surface area contributed by atoms with E-state index in [-0.39, 0.29) is 0 Å². The van der Waals surface area contributed by atoms with Crippen LogP contribution in [0.3, 0.4) is 0 Å². The number of aliphatic hydroxyl groups is 1. The molecule has 4 heteroatoms. The smallest absolute Gasteiger partial charge is 0.339 e. The first-order valence-electron chi connectivity index (χ1n) is 6.68. The molecule has 0 spiro atoms. The lowest BCUT2D eigenvalue weighted by Gasteiger charge is -2.17. The average molecular weight is 286 g/mol. The summed E-state index contributed by atoms with van der Waals surface area (Å²) in [5.41, 5.74) is 2.26. The van der Waals surface area contributed by atoms with Crippen LogP contribution in [0.15, 0.2) is 59.9 Å². The maximum absolute atomic E-state index is 11.5. The predicted octanol–water partition coefficient (Wildman–Crippen LogP) is 2.68. The summed E-state index contributed by atoms with van der Waals surface area (Å²) in [5, 5.41) is 9.99. The van der Waals surface area contributed by atoms with Crippen LogP contribution in [-0.2, 0) is 9.53 Å². The fourth-order valence-electron chi connectivity index (χ4n) is 2.04. The van der Waals surface area contributed by atoms with Gasteiger partial charge in [0.25, 0.3) is 0 Å². The number of rotatable bonds is 4. The van der Waals surface area contributed by atoms with Crippen molar-refractivity contribution in [3.8, 4) is 5.75 Å². The fraction of sp³-hybridized carbons (Fsp3) is 0.235. The Labute approximate surface area is 124 Å². The number of esters is 1. The van der Waals surface area contributed by atoms with Gasteiger partial charge in [0.15, 0.2) is 6.10 Å². The van der Waals surface area contributed by atoms with Crippen LogP contribution in [-0.4, -0.2) is 24.3 Å². The summed E-state index contributed by atoms with van der Waals surface area (Å²) in [7, 11) is 1.25.